The van der Waals surface area contributed by atoms with Gasteiger partial charge in [-0.15, -0.1) is 0 Å². The van der Waals surface area contributed by atoms with Gasteiger partial charge in [0.05, 0.1) is 18.7 Å². The van der Waals surface area contributed by atoms with Crippen LogP contribution < -0.4 is 4.74 Å². The summed E-state index contributed by atoms with van der Waals surface area (Å²) in [5, 5.41) is 10.9. The van der Waals surface area contributed by atoms with Crippen molar-refractivity contribution in [3.05, 3.63) is 71.0 Å². The number of halogens is 1. The summed E-state index contributed by atoms with van der Waals surface area (Å²) in [5.74, 6) is -1.77. The minimum absolute atomic E-state index is 0.0372. The van der Waals surface area contributed by atoms with Crippen LogP contribution >= 0.6 is 0 Å². The predicted molar refractivity (Wildman–Crippen MR) is 107 cm³/mol. The number of aliphatic hydroxyl groups excluding tert-OH is 1. The largest absolute Gasteiger partial charge is 0.507 e. The van der Waals surface area contributed by atoms with E-state index in [1.54, 1.807) is 24.3 Å². The third-order valence-electron chi connectivity index (χ3n) is 4.88. The molecule has 1 fully saturated rings. The third-order valence-corrected chi connectivity index (χ3v) is 4.88. The summed E-state index contributed by atoms with van der Waals surface area (Å²) >= 11 is 0. The molecular weight excluding hydrogens is 375 g/mol. The van der Waals surface area contributed by atoms with Crippen LogP contribution in [0.25, 0.3) is 5.76 Å². The number of hydrogen-bond donors (Lipinski definition) is 1. The number of para-hydroxylation sites is 1. The highest BCUT2D eigenvalue weighted by atomic mass is 19.1. The number of aliphatic hydroxyl groups is 1. The van der Waals surface area contributed by atoms with E-state index in [2.05, 4.69) is 0 Å². The van der Waals surface area contributed by atoms with Gasteiger partial charge in [0.2, 0.25) is 0 Å². The summed E-state index contributed by atoms with van der Waals surface area (Å²) in [5.41, 5.74) is 0.818. The van der Waals surface area contributed by atoms with Crippen LogP contribution in [-0.4, -0.2) is 60.9 Å². The van der Waals surface area contributed by atoms with E-state index in [0.717, 1.165) is 0 Å². The van der Waals surface area contributed by atoms with E-state index in [9.17, 15) is 19.1 Å². The Morgan fingerprint density at radius 2 is 1.79 bits per heavy atom. The quantitative estimate of drug-likeness (QED) is 0.460. The monoisotopic (exact) mass is 398 g/mol. The van der Waals surface area contributed by atoms with Crippen LogP contribution in [0.2, 0.25) is 0 Å². The zero-order valence-electron chi connectivity index (χ0n) is 16.6. The van der Waals surface area contributed by atoms with Crippen molar-refractivity contribution in [2.75, 3.05) is 34.3 Å². The average Bonchev–Trinajstić information content (AvgIpc) is 2.96. The number of ether oxygens (including phenoxy) is 1. The second-order valence-corrected chi connectivity index (χ2v) is 7.04. The number of ketones is 1. The molecule has 0 radical (unpaired) electrons. The average molecular weight is 398 g/mol. The standard InChI is InChI=1S/C22H23FN2O4/c1-24(2)12-13-25-19(16-6-4-5-7-17(16)29-3)18(21(27)22(25)28)20(26)14-8-10-15(23)11-9-14/h4-11,19,26H,12-13H2,1-3H3/b20-18-. The molecule has 0 aliphatic carbocycles. The van der Waals surface area contributed by atoms with Crippen LogP contribution in [0.5, 0.6) is 5.75 Å². The van der Waals surface area contributed by atoms with Crippen LogP contribution in [0.15, 0.2) is 54.1 Å². The first-order chi connectivity index (χ1) is 13.8. The summed E-state index contributed by atoms with van der Waals surface area (Å²) in [6.45, 7) is 0.829. The highest BCUT2D eigenvalue weighted by Crippen LogP contribution is 2.42. The van der Waals surface area contributed by atoms with Gasteiger partial charge in [-0.05, 0) is 44.4 Å². The molecule has 6 nitrogen and oxygen atoms in total. The lowest BCUT2D eigenvalue weighted by molar-refractivity contribution is -0.140. The van der Waals surface area contributed by atoms with E-state index in [1.165, 1.54) is 36.3 Å². The molecule has 1 saturated heterocycles. The highest BCUT2D eigenvalue weighted by Gasteiger charge is 2.46. The molecule has 1 atom stereocenters. The van der Waals surface area contributed by atoms with Crippen molar-refractivity contribution in [3.63, 3.8) is 0 Å². The van der Waals surface area contributed by atoms with Crippen LogP contribution in [0.1, 0.15) is 17.2 Å². The van der Waals surface area contributed by atoms with Crippen molar-refractivity contribution in [1.29, 1.82) is 0 Å². The molecule has 1 unspecified atom stereocenters. The van der Waals surface area contributed by atoms with Crippen LogP contribution in [-0.2, 0) is 9.59 Å². The van der Waals surface area contributed by atoms with Crippen molar-refractivity contribution in [2.24, 2.45) is 0 Å². The molecule has 29 heavy (non-hydrogen) atoms. The SMILES string of the molecule is COc1ccccc1C1/C(=C(/O)c2ccc(F)cc2)C(=O)C(=O)N1CCN(C)C. The Morgan fingerprint density at radius 1 is 1.14 bits per heavy atom. The fourth-order valence-corrected chi connectivity index (χ4v) is 3.40. The zero-order chi connectivity index (χ0) is 21.1. The Balaban J connectivity index is 2.18. The van der Waals surface area contributed by atoms with Crippen molar-refractivity contribution >= 4 is 17.4 Å². The molecule has 2 aromatic carbocycles. The maximum atomic E-state index is 13.3. The van der Waals surface area contributed by atoms with Crippen molar-refractivity contribution in [2.45, 2.75) is 6.04 Å². The van der Waals surface area contributed by atoms with E-state index in [-0.39, 0.29) is 16.9 Å². The van der Waals surface area contributed by atoms with Crippen LogP contribution in [0.4, 0.5) is 4.39 Å². The molecule has 7 heteroatoms. The van der Waals surface area contributed by atoms with Gasteiger partial charge < -0.3 is 19.6 Å². The molecule has 0 bridgehead atoms. The summed E-state index contributed by atoms with van der Waals surface area (Å²) in [4.78, 5) is 29.0. The molecule has 2 aromatic rings. The molecule has 0 aromatic heterocycles. The molecule has 1 aliphatic rings. The van der Waals surface area contributed by atoms with Crippen LogP contribution in [0, 0.1) is 5.82 Å². The van der Waals surface area contributed by atoms with E-state index >= 15 is 0 Å². The summed E-state index contributed by atoms with van der Waals surface area (Å²) in [6.07, 6.45) is 0. The van der Waals surface area contributed by atoms with E-state index < -0.39 is 23.5 Å². The molecule has 3 rings (SSSR count). The Labute approximate surface area is 168 Å². The minimum atomic E-state index is -0.809. The first-order valence-electron chi connectivity index (χ1n) is 9.17. The predicted octanol–water partition coefficient (Wildman–Crippen LogP) is 2.82. The van der Waals surface area contributed by atoms with Crippen LogP contribution in [0.3, 0.4) is 0 Å². The van der Waals surface area contributed by atoms with Gasteiger partial charge in [0.25, 0.3) is 11.7 Å². The topological polar surface area (TPSA) is 70.1 Å². The van der Waals surface area contributed by atoms with Gasteiger partial charge in [-0.25, -0.2) is 4.39 Å². The summed E-state index contributed by atoms with van der Waals surface area (Å²) in [6, 6.07) is 11.4. The fourth-order valence-electron chi connectivity index (χ4n) is 3.40. The lowest BCUT2D eigenvalue weighted by Crippen LogP contribution is -2.35. The number of benzene rings is 2. The number of nitrogens with zero attached hydrogens (tertiary/aromatic N) is 2. The molecule has 1 amide bonds. The van der Waals surface area contributed by atoms with Gasteiger partial charge in [-0.2, -0.15) is 0 Å². The van der Waals surface area contributed by atoms with E-state index in [0.29, 0.717) is 24.4 Å². The Bertz CT molecular complexity index is 954. The molecule has 1 aliphatic heterocycles. The first-order valence-corrected chi connectivity index (χ1v) is 9.17. The number of amides is 1. The fraction of sp³-hybridized carbons (Fsp3) is 0.273. The number of likely N-dealkylation sites (tertiary alicyclic amines) is 1. The van der Waals surface area contributed by atoms with E-state index in [4.69, 9.17) is 4.74 Å². The Morgan fingerprint density at radius 3 is 2.41 bits per heavy atom. The second-order valence-electron chi connectivity index (χ2n) is 7.04. The van der Waals surface area contributed by atoms with Gasteiger partial charge >= 0.3 is 0 Å². The third kappa shape index (κ3) is 4.00. The van der Waals surface area contributed by atoms with Crippen molar-refractivity contribution in [3.8, 4) is 5.75 Å². The van der Waals surface area contributed by atoms with E-state index in [1.807, 2.05) is 19.0 Å². The smallest absolute Gasteiger partial charge is 0.295 e. The Kier molecular flexibility index (Phi) is 5.98. The minimum Gasteiger partial charge on any atom is -0.507 e. The Hall–Kier alpha value is -3.19. The molecular formula is C22H23FN2O4. The number of hydrogen-bond acceptors (Lipinski definition) is 5. The first kappa shape index (κ1) is 20.5. The normalized spacial score (nSPS) is 18.5. The van der Waals surface area contributed by atoms with Gasteiger partial charge in [0.15, 0.2) is 0 Å². The number of methoxy groups -OCH3 is 1. The molecule has 152 valence electrons. The number of carbonyl (C=O) groups excluding carboxylic acids is 2. The maximum Gasteiger partial charge on any atom is 0.295 e. The lowest BCUT2D eigenvalue weighted by atomic mass is 9.94. The molecule has 1 N–H and O–H groups in total. The zero-order valence-corrected chi connectivity index (χ0v) is 16.6. The number of rotatable bonds is 6. The maximum absolute atomic E-state index is 13.3. The van der Waals surface area contributed by atoms with Gasteiger partial charge in [-0.1, -0.05) is 18.2 Å². The number of Topliss-reactive ketones (excluding diaryl/α,β-unsaturated/α-hetero) is 1. The molecule has 1 heterocycles. The highest BCUT2D eigenvalue weighted by molar-refractivity contribution is 6.46. The van der Waals surface area contributed by atoms with Gasteiger partial charge in [-0.3, -0.25) is 9.59 Å². The molecule has 0 spiro atoms. The molecule has 0 saturated carbocycles. The van der Waals surface area contributed by atoms with Crippen molar-refractivity contribution < 1.29 is 23.8 Å². The van der Waals surface area contributed by atoms with Gasteiger partial charge in [0, 0.05) is 24.2 Å². The number of likely N-dealkylation sites (N-methyl/N-ethyl adjacent to an activating group) is 1. The lowest BCUT2D eigenvalue weighted by Gasteiger charge is -2.27. The van der Waals surface area contributed by atoms with Crippen molar-refractivity contribution in [1.82, 2.24) is 9.80 Å². The second kappa shape index (κ2) is 8.45. The summed E-state index contributed by atoms with van der Waals surface area (Å²) < 4.78 is 18.7. The summed E-state index contributed by atoms with van der Waals surface area (Å²) in [7, 11) is 5.24. The van der Waals surface area contributed by atoms with Gasteiger partial charge in [0.1, 0.15) is 17.3 Å². The number of carbonyl (C=O) groups is 2.